The van der Waals surface area contributed by atoms with Gasteiger partial charge in [-0.3, -0.25) is 4.79 Å². The first kappa shape index (κ1) is 13.8. The minimum absolute atomic E-state index is 0.0674. The largest absolute Gasteiger partial charge is 0.331 e. The highest BCUT2D eigenvalue weighted by Gasteiger charge is 2.32. The van der Waals surface area contributed by atoms with E-state index in [2.05, 4.69) is 6.07 Å². The van der Waals surface area contributed by atoms with Crippen LogP contribution in [0, 0.1) is 5.82 Å². The van der Waals surface area contributed by atoms with Crippen molar-refractivity contribution in [3.63, 3.8) is 0 Å². The lowest BCUT2D eigenvalue weighted by Crippen LogP contribution is -2.40. The Balaban J connectivity index is 2.15. The van der Waals surface area contributed by atoms with Crippen molar-refractivity contribution in [3.05, 3.63) is 71.0 Å². The average Bonchev–Trinajstić information content (AvgIpc) is 2.54. The molecule has 2 nitrogen and oxygen atoms in total. The predicted octanol–water partition coefficient (Wildman–Crippen LogP) is 3.71. The number of hydrogen-bond acceptors (Lipinski definition) is 1. The maximum absolute atomic E-state index is 14.3. The molecular weight excluding hydrogens is 265 g/mol. The third-order valence-electron chi connectivity index (χ3n) is 4.11. The van der Waals surface area contributed by atoms with Crippen LogP contribution in [0.15, 0.2) is 48.5 Å². The van der Waals surface area contributed by atoms with Gasteiger partial charge in [-0.25, -0.2) is 4.39 Å². The first-order chi connectivity index (χ1) is 10.2. The molecule has 0 bridgehead atoms. The summed E-state index contributed by atoms with van der Waals surface area (Å²) in [6.07, 6.45) is 1.26. The number of hydrogen-bond donors (Lipinski definition) is 0. The topological polar surface area (TPSA) is 20.3 Å². The highest BCUT2D eigenvalue weighted by Crippen LogP contribution is 2.36. The molecule has 108 valence electrons. The molecule has 1 aliphatic heterocycles. The second kappa shape index (κ2) is 5.68. The molecule has 1 amide bonds. The van der Waals surface area contributed by atoms with Crippen molar-refractivity contribution < 1.29 is 9.18 Å². The van der Waals surface area contributed by atoms with Crippen molar-refractivity contribution in [2.45, 2.75) is 25.8 Å². The van der Waals surface area contributed by atoms with E-state index in [1.54, 1.807) is 17.0 Å². The summed E-state index contributed by atoms with van der Waals surface area (Å²) in [5.41, 5.74) is 2.81. The molecule has 0 spiro atoms. The maximum atomic E-state index is 14.3. The van der Waals surface area contributed by atoms with Crippen LogP contribution in [0.1, 0.15) is 36.1 Å². The van der Waals surface area contributed by atoms with Crippen molar-refractivity contribution in [1.29, 1.82) is 0 Å². The molecule has 1 heterocycles. The normalized spacial score (nSPS) is 17.4. The third-order valence-corrected chi connectivity index (χ3v) is 4.11. The number of carbonyl (C=O) groups is 1. The lowest BCUT2D eigenvalue weighted by Gasteiger charge is -2.37. The highest BCUT2D eigenvalue weighted by atomic mass is 19.1. The van der Waals surface area contributed by atoms with E-state index in [0.29, 0.717) is 18.5 Å². The van der Waals surface area contributed by atoms with E-state index in [9.17, 15) is 9.18 Å². The molecule has 1 atom stereocenters. The van der Waals surface area contributed by atoms with E-state index >= 15 is 0 Å². The van der Waals surface area contributed by atoms with Gasteiger partial charge in [0.1, 0.15) is 5.82 Å². The summed E-state index contributed by atoms with van der Waals surface area (Å²) in [5, 5.41) is 0. The van der Waals surface area contributed by atoms with Gasteiger partial charge >= 0.3 is 0 Å². The number of halogens is 1. The van der Waals surface area contributed by atoms with E-state index < -0.39 is 0 Å². The summed E-state index contributed by atoms with van der Waals surface area (Å²) in [7, 11) is 0. The number of benzene rings is 2. The van der Waals surface area contributed by atoms with Crippen LogP contribution in [0.3, 0.4) is 0 Å². The monoisotopic (exact) mass is 283 g/mol. The van der Waals surface area contributed by atoms with Crippen LogP contribution in [-0.4, -0.2) is 17.4 Å². The Labute approximate surface area is 124 Å². The number of rotatable bonds is 2. The SMILES string of the molecule is CCC(=O)N1CCc2ccccc2C1c1ccccc1F. The molecule has 0 saturated heterocycles. The molecule has 3 rings (SSSR count). The quantitative estimate of drug-likeness (QED) is 0.822. The van der Waals surface area contributed by atoms with Gasteiger partial charge in [0.25, 0.3) is 0 Å². The minimum atomic E-state index is -0.316. The Bertz CT molecular complexity index is 668. The molecule has 3 heteroatoms. The smallest absolute Gasteiger partial charge is 0.223 e. The zero-order valence-electron chi connectivity index (χ0n) is 12.1. The molecule has 2 aromatic rings. The predicted molar refractivity (Wildman–Crippen MR) is 80.4 cm³/mol. The third kappa shape index (κ3) is 2.44. The van der Waals surface area contributed by atoms with E-state index in [1.165, 1.54) is 11.6 Å². The van der Waals surface area contributed by atoms with Crippen LogP contribution in [0.4, 0.5) is 4.39 Å². The summed E-state index contributed by atoms with van der Waals surface area (Å²) in [5.74, 6) is -0.189. The van der Waals surface area contributed by atoms with Gasteiger partial charge in [-0.05, 0) is 23.6 Å². The molecule has 0 aromatic heterocycles. The first-order valence-corrected chi connectivity index (χ1v) is 7.34. The van der Waals surface area contributed by atoms with Crippen LogP contribution < -0.4 is 0 Å². The number of carbonyl (C=O) groups excluding carboxylic acids is 1. The van der Waals surface area contributed by atoms with Gasteiger partial charge in [0.2, 0.25) is 5.91 Å². The van der Waals surface area contributed by atoms with Crippen LogP contribution in [0.5, 0.6) is 0 Å². The molecule has 0 aliphatic carbocycles. The molecule has 21 heavy (non-hydrogen) atoms. The van der Waals surface area contributed by atoms with Crippen molar-refractivity contribution in [1.82, 2.24) is 4.90 Å². The molecule has 1 unspecified atom stereocenters. The molecule has 2 aromatic carbocycles. The highest BCUT2D eigenvalue weighted by molar-refractivity contribution is 5.77. The molecule has 0 saturated carbocycles. The Morgan fingerprint density at radius 1 is 1.14 bits per heavy atom. The van der Waals surface area contributed by atoms with Crippen molar-refractivity contribution >= 4 is 5.91 Å². The zero-order chi connectivity index (χ0) is 14.8. The van der Waals surface area contributed by atoms with E-state index in [4.69, 9.17) is 0 Å². The van der Waals surface area contributed by atoms with Gasteiger partial charge in [0, 0.05) is 18.5 Å². The summed E-state index contributed by atoms with van der Waals surface area (Å²) in [6.45, 7) is 2.49. The van der Waals surface area contributed by atoms with Crippen molar-refractivity contribution in [2.24, 2.45) is 0 Å². The second-order valence-electron chi connectivity index (χ2n) is 5.31. The zero-order valence-corrected chi connectivity index (χ0v) is 12.1. The Morgan fingerprint density at radius 3 is 2.52 bits per heavy atom. The van der Waals surface area contributed by atoms with Gasteiger partial charge in [-0.2, -0.15) is 0 Å². The lowest BCUT2D eigenvalue weighted by molar-refractivity contribution is -0.133. The fourth-order valence-electron chi connectivity index (χ4n) is 3.07. The van der Waals surface area contributed by atoms with Gasteiger partial charge < -0.3 is 4.90 Å². The number of nitrogens with zero attached hydrogens (tertiary/aromatic N) is 1. The fourth-order valence-corrected chi connectivity index (χ4v) is 3.07. The molecular formula is C18H18FNO. The summed E-state index contributed by atoms with van der Waals surface area (Å²) in [6, 6.07) is 14.4. The van der Waals surface area contributed by atoms with Crippen molar-refractivity contribution in [2.75, 3.05) is 6.54 Å². The van der Waals surface area contributed by atoms with Crippen molar-refractivity contribution in [3.8, 4) is 0 Å². The Hall–Kier alpha value is -2.16. The Morgan fingerprint density at radius 2 is 1.81 bits per heavy atom. The standard InChI is InChI=1S/C18H18FNO/c1-2-17(21)20-12-11-13-7-3-4-8-14(13)18(20)15-9-5-6-10-16(15)19/h3-10,18H,2,11-12H2,1H3. The fraction of sp³-hybridized carbons (Fsp3) is 0.278. The van der Waals surface area contributed by atoms with Crippen LogP contribution in [-0.2, 0) is 11.2 Å². The van der Waals surface area contributed by atoms with Crippen LogP contribution in [0.2, 0.25) is 0 Å². The van der Waals surface area contributed by atoms with E-state index in [0.717, 1.165) is 12.0 Å². The molecule has 1 aliphatic rings. The van der Waals surface area contributed by atoms with Gasteiger partial charge in [0.15, 0.2) is 0 Å². The van der Waals surface area contributed by atoms with Gasteiger partial charge in [-0.15, -0.1) is 0 Å². The number of fused-ring (bicyclic) bond motifs is 1. The van der Waals surface area contributed by atoms with Crippen LogP contribution in [0.25, 0.3) is 0 Å². The first-order valence-electron chi connectivity index (χ1n) is 7.34. The maximum Gasteiger partial charge on any atom is 0.223 e. The minimum Gasteiger partial charge on any atom is -0.331 e. The average molecular weight is 283 g/mol. The number of amides is 1. The van der Waals surface area contributed by atoms with Crippen LogP contribution >= 0.6 is 0 Å². The van der Waals surface area contributed by atoms with E-state index in [1.807, 2.05) is 31.2 Å². The lowest BCUT2D eigenvalue weighted by atomic mass is 9.87. The summed E-state index contributed by atoms with van der Waals surface area (Å²) < 4.78 is 14.3. The second-order valence-corrected chi connectivity index (χ2v) is 5.31. The summed E-state index contributed by atoms with van der Waals surface area (Å²) in [4.78, 5) is 14.1. The van der Waals surface area contributed by atoms with Gasteiger partial charge in [-0.1, -0.05) is 49.4 Å². The Kier molecular flexibility index (Phi) is 3.74. The van der Waals surface area contributed by atoms with E-state index in [-0.39, 0.29) is 17.8 Å². The molecule has 0 N–H and O–H groups in total. The molecule has 0 fully saturated rings. The molecule has 0 radical (unpaired) electrons. The summed E-state index contributed by atoms with van der Waals surface area (Å²) >= 11 is 0. The van der Waals surface area contributed by atoms with Gasteiger partial charge in [0.05, 0.1) is 6.04 Å².